The Morgan fingerprint density at radius 2 is 1.62 bits per heavy atom. The van der Waals surface area contributed by atoms with Crippen molar-refractivity contribution < 1.29 is 13.2 Å². The minimum atomic E-state index is -4.31. The molecule has 0 aliphatic carbocycles. The van der Waals surface area contributed by atoms with Crippen molar-refractivity contribution >= 4 is 10.8 Å². The summed E-state index contributed by atoms with van der Waals surface area (Å²) in [7, 11) is 0. The minimum absolute atomic E-state index is 0.0330. The molecule has 1 nitrogen and oxygen atoms in total. The predicted molar refractivity (Wildman–Crippen MR) is 90.6 cm³/mol. The summed E-state index contributed by atoms with van der Waals surface area (Å²) in [5.41, 5.74) is 1.15. The third-order valence-corrected chi connectivity index (χ3v) is 4.16. The summed E-state index contributed by atoms with van der Waals surface area (Å²) >= 11 is 0. The van der Waals surface area contributed by atoms with E-state index in [0.717, 1.165) is 22.4 Å². The normalized spacial score (nSPS) is 13.2. The highest BCUT2D eigenvalue weighted by Gasteiger charge is 2.30. The molecule has 0 bridgehead atoms. The standard InChI is InChI=1S/C20H18F3N/c1-14(18-11-5-8-16-7-2-3-10-19(16)18)24-13-15-6-4-9-17(12-15)20(21,22)23/h2-12,14,24H,13H2,1H3/t14-/m1/s1. The molecule has 0 aliphatic rings. The molecule has 4 heteroatoms. The summed E-state index contributed by atoms with van der Waals surface area (Å²) in [5, 5.41) is 5.63. The lowest BCUT2D eigenvalue weighted by Crippen LogP contribution is -2.18. The summed E-state index contributed by atoms with van der Waals surface area (Å²) in [6.07, 6.45) is -4.31. The van der Waals surface area contributed by atoms with Crippen LogP contribution < -0.4 is 5.32 Å². The van der Waals surface area contributed by atoms with Crippen LogP contribution >= 0.6 is 0 Å². The molecular formula is C20H18F3N. The maximum Gasteiger partial charge on any atom is 0.416 e. The molecule has 0 heterocycles. The summed E-state index contributed by atoms with van der Waals surface area (Å²) in [6.45, 7) is 2.41. The molecule has 1 N–H and O–H groups in total. The zero-order valence-corrected chi connectivity index (χ0v) is 13.3. The Morgan fingerprint density at radius 1 is 0.917 bits per heavy atom. The Hall–Kier alpha value is -2.33. The van der Waals surface area contributed by atoms with Crippen LogP contribution in [0.4, 0.5) is 13.2 Å². The summed E-state index contributed by atoms with van der Waals surface area (Å²) in [6, 6.07) is 19.7. The summed E-state index contributed by atoms with van der Waals surface area (Å²) in [4.78, 5) is 0. The quantitative estimate of drug-likeness (QED) is 0.646. The van der Waals surface area contributed by atoms with Crippen LogP contribution in [0.3, 0.4) is 0 Å². The first-order valence-electron chi connectivity index (χ1n) is 7.82. The van der Waals surface area contributed by atoms with E-state index in [9.17, 15) is 13.2 Å². The first-order valence-corrected chi connectivity index (χ1v) is 7.82. The molecule has 0 aliphatic heterocycles. The molecule has 0 saturated carbocycles. The van der Waals surface area contributed by atoms with Gasteiger partial charge in [0.05, 0.1) is 5.56 Å². The van der Waals surface area contributed by atoms with Gasteiger partial charge >= 0.3 is 6.18 Å². The van der Waals surface area contributed by atoms with Crippen molar-refractivity contribution in [2.75, 3.05) is 0 Å². The van der Waals surface area contributed by atoms with Gasteiger partial charge in [-0.25, -0.2) is 0 Å². The molecule has 0 radical (unpaired) electrons. The summed E-state index contributed by atoms with van der Waals surface area (Å²) < 4.78 is 38.4. The van der Waals surface area contributed by atoms with Gasteiger partial charge in [0.15, 0.2) is 0 Å². The van der Waals surface area contributed by atoms with Crippen LogP contribution in [0.5, 0.6) is 0 Å². The Bertz CT molecular complexity index is 834. The van der Waals surface area contributed by atoms with Gasteiger partial charge in [-0.1, -0.05) is 60.7 Å². The van der Waals surface area contributed by atoms with Gasteiger partial charge in [0.1, 0.15) is 0 Å². The maximum absolute atomic E-state index is 12.8. The van der Waals surface area contributed by atoms with E-state index in [1.165, 1.54) is 12.1 Å². The van der Waals surface area contributed by atoms with Crippen LogP contribution in [0.25, 0.3) is 10.8 Å². The highest BCUT2D eigenvalue weighted by molar-refractivity contribution is 5.86. The van der Waals surface area contributed by atoms with Crippen LogP contribution in [0, 0.1) is 0 Å². The van der Waals surface area contributed by atoms with Crippen molar-refractivity contribution in [2.45, 2.75) is 25.7 Å². The van der Waals surface area contributed by atoms with Crippen molar-refractivity contribution in [3.05, 3.63) is 83.4 Å². The SMILES string of the molecule is C[C@@H](NCc1cccc(C(F)(F)F)c1)c1cccc2ccccc12. The number of halogens is 3. The van der Waals surface area contributed by atoms with Gasteiger partial charge in [-0.2, -0.15) is 13.2 Å². The van der Waals surface area contributed by atoms with Crippen molar-refractivity contribution in [3.63, 3.8) is 0 Å². The number of rotatable bonds is 4. The van der Waals surface area contributed by atoms with Gasteiger partial charge in [-0.15, -0.1) is 0 Å². The molecular weight excluding hydrogens is 311 g/mol. The molecule has 0 fully saturated rings. The molecule has 0 aromatic heterocycles. The first kappa shape index (κ1) is 16.5. The number of fused-ring (bicyclic) bond motifs is 1. The lowest BCUT2D eigenvalue weighted by atomic mass is 9.99. The van der Waals surface area contributed by atoms with Crippen LogP contribution in [-0.4, -0.2) is 0 Å². The average Bonchev–Trinajstić information content (AvgIpc) is 2.58. The lowest BCUT2D eigenvalue weighted by molar-refractivity contribution is -0.137. The Morgan fingerprint density at radius 3 is 2.42 bits per heavy atom. The Kier molecular flexibility index (Phi) is 4.58. The fraction of sp³-hybridized carbons (Fsp3) is 0.200. The van der Waals surface area contributed by atoms with Crippen molar-refractivity contribution in [1.29, 1.82) is 0 Å². The largest absolute Gasteiger partial charge is 0.416 e. The van der Waals surface area contributed by atoms with Crippen LogP contribution in [-0.2, 0) is 12.7 Å². The number of hydrogen-bond acceptors (Lipinski definition) is 1. The highest BCUT2D eigenvalue weighted by atomic mass is 19.4. The molecule has 0 amide bonds. The third kappa shape index (κ3) is 3.60. The van der Waals surface area contributed by atoms with Crippen molar-refractivity contribution in [2.24, 2.45) is 0 Å². The molecule has 24 heavy (non-hydrogen) atoms. The van der Waals surface area contributed by atoms with Crippen LogP contribution in [0.15, 0.2) is 66.7 Å². The fourth-order valence-corrected chi connectivity index (χ4v) is 2.87. The van der Waals surface area contributed by atoms with Gasteiger partial charge in [0.2, 0.25) is 0 Å². The van der Waals surface area contributed by atoms with E-state index in [-0.39, 0.29) is 6.04 Å². The van der Waals surface area contributed by atoms with Gasteiger partial charge < -0.3 is 5.32 Å². The Balaban J connectivity index is 1.77. The van der Waals surface area contributed by atoms with Gasteiger partial charge in [-0.05, 0) is 34.9 Å². The van der Waals surface area contributed by atoms with Crippen LogP contribution in [0.2, 0.25) is 0 Å². The van der Waals surface area contributed by atoms with Gasteiger partial charge in [0, 0.05) is 12.6 Å². The number of hydrogen-bond donors (Lipinski definition) is 1. The number of nitrogens with one attached hydrogen (secondary N) is 1. The van der Waals surface area contributed by atoms with E-state index in [1.54, 1.807) is 6.07 Å². The lowest BCUT2D eigenvalue weighted by Gasteiger charge is -2.17. The topological polar surface area (TPSA) is 12.0 Å². The van der Waals surface area contributed by atoms with E-state index in [0.29, 0.717) is 12.1 Å². The second-order valence-corrected chi connectivity index (χ2v) is 5.87. The summed E-state index contributed by atoms with van der Waals surface area (Å²) in [5.74, 6) is 0. The first-order chi connectivity index (χ1) is 11.4. The number of benzene rings is 3. The van der Waals surface area contributed by atoms with Crippen molar-refractivity contribution in [3.8, 4) is 0 Å². The zero-order valence-electron chi connectivity index (χ0n) is 13.3. The fourth-order valence-electron chi connectivity index (χ4n) is 2.87. The average molecular weight is 329 g/mol. The molecule has 124 valence electrons. The molecule has 3 aromatic carbocycles. The molecule has 1 atom stereocenters. The Labute approximate surface area is 139 Å². The van der Waals surface area contributed by atoms with E-state index in [2.05, 4.69) is 23.5 Å². The monoisotopic (exact) mass is 329 g/mol. The van der Waals surface area contributed by atoms with E-state index >= 15 is 0 Å². The smallest absolute Gasteiger partial charge is 0.306 e. The van der Waals surface area contributed by atoms with E-state index in [1.807, 2.05) is 31.2 Å². The minimum Gasteiger partial charge on any atom is -0.306 e. The van der Waals surface area contributed by atoms with Gasteiger partial charge in [0.25, 0.3) is 0 Å². The second-order valence-electron chi connectivity index (χ2n) is 5.87. The molecule has 0 spiro atoms. The van der Waals surface area contributed by atoms with Gasteiger partial charge in [-0.3, -0.25) is 0 Å². The number of alkyl halides is 3. The highest BCUT2D eigenvalue weighted by Crippen LogP contribution is 2.30. The van der Waals surface area contributed by atoms with Crippen molar-refractivity contribution in [1.82, 2.24) is 5.32 Å². The molecule has 0 saturated heterocycles. The molecule has 3 aromatic rings. The second kappa shape index (κ2) is 6.65. The van der Waals surface area contributed by atoms with E-state index in [4.69, 9.17) is 0 Å². The molecule has 0 unspecified atom stereocenters. The van der Waals surface area contributed by atoms with Crippen LogP contribution in [0.1, 0.15) is 29.7 Å². The van der Waals surface area contributed by atoms with E-state index < -0.39 is 11.7 Å². The maximum atomic E-state index is 12.8. The predicted octanol–water partition coefficient (Wildman–Crippen LogP) is 5.71. The molecule has 3 rings (SSSR count). The third-order valence-electron chi connectivity index (χ3n) is 4.16. The zero-order chi connectivity index (χ0) is 17.2.